The van der Waals surface area contributed by atoms with E-state index in [0.29, 0.717) is 22.8 Å². The number of hydrogen-bond donors (Lipinski definition) is 2. The summed E-state index contributed by atoms with van der Waals surface area (Å²) in [6.45, 7) is 9.93. The SMILES string of the molecule is C=Cc1c(C)nc(N)nc1[N+]1(C)CCOc2c(C)cc(-c3nnc(N)s3)cc2C1. The quantitative estimate of drug-likeness (QED) is 0.638. The third-order valence-electron chi connectivity index (χ3n) is 5.24. The van der Waals surface area contributed by atoms with Gasteiger partial charge in [0.1, 0.15) is 30.5 Å². The molecule has 1 atom stereocenters. The Kier molecular flexibility index (Phi) is 4.71. The summed E-state index contributed by atoms with van der Waals surface area (Å²) in [5, 5.41) is 9.38. The largest absolute Gasteiger partial charge is 0.487 e. The molecule has 150 valence electrons. The topological polar surface area (TPSA) is 113 Å². The van der Waals surface area contributed by atoms with Crippen molar-refractivity contribution >= 4 is 34.3 Å². The molecule has 0 radical (unpaired) electrons. The molecule has 4 rings (SSSR count). The Balaban J connectivity index is 1.84. The molecule has 1 aliphatic rings. The van der Waals surface area contributed by atoms with Crippen LogP contribution >= 0.6 is 11.3 Å². The third kappa shape index (κ3) is 3.43. The lowest BCUT2D eigenvalue weighted by atomic mass is 10.0. The van der Waals surface area contributed by atoms with Crippen molar-refractivity contribution < 1.29 is 4.74 Å². The van der Waals surface area contributed by atoms with Crippen molar-refractivity contribution in [3.05, 3.63) is 41.1 Å². The molecule has 3 aromatic rings. The Morgan fingerprint density at radius 1 is 1.21 bits per heavy atom. The summed E-state index contributed by atoms with van der Waals surface area (Å²) < 4.78 is 6.68. The Bertz CT molecular complexity index is 1110. The minimum Gasteiger partial charge on any atom is -0.487 e. The molecule has 0 fully saturated rings. The second-order valence-electron chi connectivity index (χ2n) is 7.46. The van der Waals surface area contributed by atoms with Crippen LogP contribution < -0.4 is 20.7 Å². The number of ether oxygens (including phenoxy) is 1. The van der Waals surface area contributed by atoms with E-state index in [1.165, 1.54) is 11.3 Å². The van der Waals surface area contributed by atoms with Crippen molar-refractivity contribution in [3.8, 4) is 16.3 Å². The predicted molar refractivity (Wildman–Crippen MR) is 118 cm³/mol. The summed E-state index contributed by atoms with van der Waals surface area (Å²) in [6.07, 6.45) is 1.80. The van der Waals surface area contributed by atoms with Crippen LogP contribution in [-0.2, 0) is 6.54 Å². The first-order valence-electron chi connectivity index (χ1n) is 9.28. The van der Waals surface area contributed by atoms with Gasteiger partial charge in [-0.1, -0.05) is 24.0 Å². The van der Waals surface area contributed by atoms with E-state index < -0.39 is 0 Å². The van der Waals surface area contributed by atoms with Crippen molar-refractivity contribution in [2.75, 3.05) is 31.7 Å². The number of fused-ring (bicyclic) bond motifs is 1. The lowest BCUT2D eigenvalue weighted by molar-refractivity contribution is 0.253. The van der Waals surface area contributed by atoms with E-state index in [0.717, 1.165) is 51.1 Å². The van der Waals surface area contributed by atoms with Crippen LogP contribution in [-0.4, -0.2) is 40.4 Å². The van der Waals surface area contributed by atoms with Gasteiger partial charge in [-0.15, -0.1) is 10.2 Å². The number of nitrogen functional groups attached to an aromatic ring is 2. The van der Waals surface area contributed by atoms with E-state index in [1.807, 2.05) is 13.8 Å². The molecule has 3 heterocycles. The highest BCUT2D eigenvalue weighted by Crippen LogP contribution is 2.38. The lowest BCUT2D eigenvalue weighted by Gasteiger charge is -2.32. The standard InChI is InChI=1S/C20H24N7OS/c1-5-15-12(3)23-19(21)24-17(15)27(4)6-7-28-16-11(2)8-13(9-14(16)10-27)18-25-26-20(22)29-18/h5,8-9H,1,6-7,10H2,2-4H3,(H2,22,26)(H2,21,23,24)/q+1. The van der Waals surface area contributed by atoms with Crippen molar-refractivity contribution in [2.24, 2.45) is 0 Å². The minimum absolute atomic E-state index is 0.266. The maximum atomic E-state index is 6.15. The van der Waals surface area contributed by atoms with Crippen LogP contribution in [0.25, 0.3) is 16.6 Å². The fraction of sp³-hybridized carbons (Fsp3) is 0.300. The predicted octanol–water partition coefficient (Wildman–Crippen LogP) is 2.95. The zero-order valence-corrected chi connectivity index (χ0v) is 17.6. The van der Waals surface area contributed by atoms with Crippen LogP contribution in [0.2, 0.25) is 0 Å². The zero-order chi connectivity index (χ0) is 20.8. The van der Waals surface area contributed by atoms with Gasteiger partial charge in [-0.25, -0.2) is 4.98 Å². The monoisotopic (exact) mass is 410 g/mol. The third-order valence-corrected chi connectivity index (χ3v) is 6.04. The number of anilines is 2. The number of aryl methyl sites for hydroxylation is 2. The number of rotatable bonds is 3. The fourth-order valence-corrected chi connectivity index (χ4v) is 4.47. The molecule has 2 aromatic heterocycles. The Labute approximate surface area is 173 Å². The highest BCUT2D eigenvalue weighted by Gasteiger charge is 2.35. The maximum absolute atomic E-state index is 6.15. The summed E-state index contributed by atoms with van der Waals surface area (Å²) in [4.78, 5) is 8.89. The summed E-state index contributed by atoms with van der Waals surface area (Å²) in [5.41, 5.74) is 16.6. The van der Waals surface area contributed by atoms with Crippen LogP contribution in [0.3, 0.4) is 0 Å². The number of quaternary nitrogens is 1. The molecule has 9 heteroatoms. The molecule has 29 heavy (non-hydrogen) atoms. The van der Waals surface area contributed by atoms with Gasteiger partial charge in [0.2, 0.25) is 16.9 Å². The highest BCUT2D eigenvalue weighted by molar-refractivity contribution is 7.18. The van der Waals surface area contributed by atoms with Crippen LogP contribution in [0, 0.1) is 13.8 Å². The molecule has 4 N–H and O–H groups in total. The Morgan fingerprint density at radius 2 is 2.00 bits per heavy atom. The minimum atomic E-state index is 0.266. The summed E-state index contributed by atoms with van der Waals surface area (Å²) in [6, 6.07) is 4.17. The molecule has 8 nitrogen and oxygen atoms in total. The number of nitrogens with zero attached hydrogens (tertiary/aromatic N) is 5. The first kappa shape index (κ1) is 19.3. The maximum Gasteiger partial charge on any atom is 0.240 e. The van der Waals surface area contributed by atoms with Gasteiger partial charge in [-0.3, -0.25) is 4.48 Å². The molecule has 0 spiro atoms. The van der Waals surface area contributed by atoms with Gasteiger partial charge in [0.05, 0.1) is 18.3 Å². The van der Waals surface area contributed by atoms with Gasteiger partial charge in [-0.2, -0.15) is 4.98 Å². The average molecular weight is 411 g/mol. The number of hydrogen-bond acceptors (Lipinski definition) is 8. The van der Waals surface area contributed by atoms with E-state index in [4.69, 9.17) is 16.2 Å². The van der Waals surface area contributed by atoms with Crippen molar-refractivity contribution in [1.82, 2.24) is 24.6 Å². The second kappa shape index (κ2) is 7.09. The van der Waals surface area contributed by atoms with Gasteiger partial charge < -0.3 is 16.2 Å². The normalized spacial score (nSPS) is 18.6. The van der Waals surface area contributed by atoms with Gasteiger partial charge in [-0.05, 0) is 31.5 Å². The van der Waals surface area contributed by atoms with Gasteiger partial charge in [0, 0.05) is 11.1 Å². The first-order valence-corrected chi connectivity index (χ1v) is 10.1. The van der Waals surface area contributed by atoms with E-state index in [9.17, 15) is 0 Å². The fourth-order valence-electron chi connectivity index (χ4n) is 3.87. The van der Waals surface area contributed by atoms with Crippen LogP contribution in [0.15, 0.2) is 18.7 Å². The Hall–Kier alpha value is -3.04. The molecular formula is C20H24N7OS+. The molecule has 0 bridgehead atoms. The van der Waals surface area contributed by atoms with Crippen LogP contribution in [0.4, 0.5) is 16.9 Å². The molecule has 1 aliphatic heterocycles. The second-order valence-corrected chi connectivity index (χ2v) is 8.47. The van der Waals surface area contributed by atoms with E-state index >= 15 is 0 Å². The van der Waals surface area contributed by atoms with E-state index in [-0.39, 0.29) is 5.95 Å². The smallest absolute Gasteiger partial charge is 0.240 e. The number of benzene rings is 1. The number of aromatic nitrogens is 4. The molecule has 1 unspecified atom stereocenters. The molecular weight excluding hydrogens is 386 g/mol. The van der Waals surface area contributed by atoms with Gasteiger partial charge >= 0.3 is 0 Å². The first-order chi connectivity index (χ1) is 13.8. The lowest BCUT2D eigenvalue weighted by Crippen LogP contribution is -2.47. The molecule has 0 saturated carbocycles. The van der Waals surface area contributed by atoms with Gasteiger partial charge in [0.15, 0.2) is 0 Å². The van der Waals surface area contributed by atoms with Crippen molar-refractivity contribution in [2.45, 2.75) is 20.4 Å². The Morgan fingerprint density at radius 3 is 2.69 bits per heavy atom. The van der Waals surface area contributed by atoms with Gasteiger partial charge in [0.25, 0.3) is 0 Å². The summed E-state index contributed by atoms with van der Waals surface area (Å²) in [5.74, 6) is 2.03. The number of nitrogens with two attached hydrogens (primary N) is 2. The van der Waals surface area contributed by atoms with Crippen LogP contribution in [0.5, 0.6) is 5.75 Å². The van der Waals surface area contributed by atoms with E-state index in [1.54, 1.807) is 6.08 Å². The van der Waals surface area contributed by atoms with Crippen molar-refractivity contribution in [1.29, 1.82) is 0 Å². The molecule has 0 amide bonds. The number of likely N-dealkylation sites (N-methyl/N-ethyl adjacent to an activating group) is 1. The average Bonchev–Trinajstić information content (AvgIpc) is 3.01. The van der Waals surface area contributed by atoms with E-state index in [2.05, 4.69) is 45.9 Å². The zero-order valence-electron chi connectivity index (χ0n) is 16.8. The summed E-state index contributed by atoms with van der Waals surface area (Å²) >= 11 is 1.37. The van der Waals surface area contributed by atoms with Crippen LogP contribution in [0.1, 0.15) is 22.4 Å². The molecule has 0 saturated heterocycles. The molecule has 0 aliphatic carbocycles. The highest BCUT2D eigenvalue weighted by atomic mass is 32.1. The summed E-state index contributed by atoms with van der Waals surface area (Å²) in [7, 11) is 2.14. The molecule has 1 aromatic carbocycles. The van der Waals surface area contributed by atoms with Crippen molar-refractivity contribution in [3.63, 3.8) is 0 Å².